The van der Waals surface area contributed by atoms with E-state index in [4.69, 9.17) is 4.74 Å². The zero-order chi connectivity index (χ0) is 15.2. The lowest BCUT2D eigenvalue weighted by atomic mass is 9.97. The Kier molecular flexibility index (Phi) is 5.61. The van der Waals surface area contributed by atoms with Crippen molar-refractivity contribution in [1.82, 2.24) is 14.9 Å². The van der Waals surface area contributed by atoms with Gasteiger partial charge >= 0.3 is 0 Å². The van der Waals surface area contributed by atoms with E-state index >= 15 is 0 Å². The number of thiophene rings is 1. The third-order valence-corrected chi connectivity index (χ3v) is 4.87. The molecule has 3 heterocycles. The summed E-state index contributed by atoms with van der Waals surface area (Å²) in [6.07, 6.45) is 5.56. The van der Waals surface area contributed by atoms with Crippen LogP contribution in [-0.2, 0) is 11.3 Å². The first-order valence-corrected chi connectivity index (χ1v) is 8.69. The fourth-order valence-corrected chi connectivity index (χ4v) is 3.63. The number of rotatable bonds is 7. The van der Waals surface area contributed by atoms with E-state index in [1.807, 2.05) is 23.8 Å². The summed E-state index contributed by atoms with van der Waals surface area (Å²) in [4.78, 5) is 11.1. The number of aromatic nitrogens is 2. The van der Waals surface area contributed by atoms with Crippen molar-refractivity contribution in [3.05, 3.63) is 40.6 Å². The van der Waals surface area contributed by atoms with E-state index in [1.54, 1.807) is 11.3 Å². The van der Waals surface area contributed by atoms with Gasteiger partial charge < -0.3 is 14.8 Å². The van der Waals surface area contributed by atoms with Crippen molar-refractivity contribution in [2.45, 2.75) is 31.5 Å². The van der Waals surface area contributed by atoms with Gasteiger partial charge in [-0.15, -0.1) is 11.3 Å². The molecule has 1 fully saturated rings. The molecule has 0 spiro atoms. The van der Waals surface area contributed by atoms with Crippen LogP contribution in [0.1, 0.15) is 29.5 Å². The van der Waals surface area contributed by atoms with Crippen molar-refractivity contribution in [1.29, 1.82) is 0 Å². The standard InChI is InChI=1S/C16H23N3O2S/c20-14(11-21-12-15-4-2-8-22-15)10-19-7-1-3-13(9-19)16-17-5-6-18-16/h2,4-6,8,13-14,20H,1,3,7,9-12H2,(H,17,18)/t13-,14+/m0/s1. The van der Waals surface area contributed by atoms with Gasteiger partial charge in [0.2, 0.25) is 0 Å². The van der Waals surface area contributed by atoms with E-state index in [-0.39, 0.29) is 0 Å². The molecule has 0 amide bonds. The molecule has 1 aliphatic rings. The van der Waals surface area contributed by atoms with E-state index in [0.717, 1.165) is 31.8 Å². The third-order valence-electron chi connectivity index (χ3n) is 4.02. The Hall–Kier alpha value is -1.21. The molecule has 3 rings (SSSR count). The molecular weight excluding hydrogens is 298 g/mol. The Morgan fingerprint density at radius 3 is 3.27 bits per heavy atom. The number of nitrogens with zero attached hydrogens (tertiary/aromatic N) is 2. The quantitative estimate of drug-likeness (QED) is 0.821. The highest BCUT2D eigenvalue weighted by Crippen LogP contribution is 2.24. The average Bonchev–Trinajstić information content (AvgIpc) is 3.21. The Balaban J connectivity index is 1.40. The van der Waals surface area contributed by atoms with E-state index in [0.29, 0.717) is 25.7 Å². The zero-order valence-corrected chi connectivity index (χ0v) is 13.5. The second-order valence-corrected chi connectivity index (χ2v) is 6.85. The van der Waals surface area contributed by atoms with Gasteiger partial charge in [-0.2, -0.15) is 0 Å². The fraction of sp³-hybridized carbons (Fsp3) is 0.562. The number of H-pyrrole nitrogens is 1. The molecule has 0 aromatic carbocycles. The summed E-state index contributed by atoms with van der Waals surface area (Å²) in [5, 5.41) is 12.2. The highest BCUT2D eigenvalue weighted by molar-refractivity contribution is 7.09. The predicted molar refractivity (Wildman–Crippen MR) is 87.0 cm³/mol. The van der Waals surface area contributed by atoms with Crippen LogP contribution in [0.25, 0.3) is 0 Å². The lowest BCUT2D eigenvalue weighted by Crippen LogP contribution is -2.41. The second-order valence-electron chi connectivity index (χ2n) is 5.82. The molecule has 2 N–H and O–H groups in total. The maximum atomic E-state index is 10.2. The number of hydrogen-bond donors (Lipinski definition) is 2. The summed E-state index contributed by atoms with van der Waals surface area (Å²) >= 11 is 1.68. The molecule has 1 saturated heterocycles. The van der Waals surface area contributed by atoms with Gasteiger partial charge in [0.05, 0.1) is 19.3 Å². The summed E-state index contributed by atoms with van der Waals surface area (Å²) < 4.78 is 5.60. The lowest BCUT2D eigenvalue weighted by Gasteiger charge is -2.33. The fourth-order valence-electron chi connectivity index (χ4n) is 2.99. The van der Waals surface area contributed by atoms with Crippen LogP contribution in [0.5, 0.6) is 0 Å². The normalized spacial score (nSPS) is 21.0. The second kappa shape index (κ2) is 7.87. The molecule has 120 valence electrons. The van der Waals surface area contributed by atoms with E-state index in [2.05, 4.69) is 20.9 Å². The Labute approximate surface area is 135 Å². The van der Waals surface area contributed by atoms with Gasteiger partial charge in [0.25, 0.3) is 0 Å². The third kappa shape index (κ3) is 4.39. The highest BCUT2D eigenvalue weighted by Gasteiger charge is 2.24. The minimum absolute atomic E-state index is 0.389. The number of β-amino-alcohol motifs (C(OH)–C–C–N with tert-alkyl or cyclic N) is 1. The number of likely N-dealkylation sites (tertiary alicyclic amines) is 1. The van der Waals surface area contributed by atoms with E-state index < -0.39 is 6.10 Å². The first kappa shape index (κ1) is 15.7. The molecule has 0 unspecified atom stereocenters. The van der Waals surface area contributed by atoms with Crippen molar-refractivity contribution >= 4 is 11.3 Å². The molecule has 0 aliphatic carbocycles. The number of aromatic amines is 1. The largest absolute Gasteiger partial charge is 0.389 e. The van der Waals surface area contributed by atoms with Crippen LogP contribution in [0.3, 0.4) is 0 Å². The molecule has 1 aliphatic heterocycles. The molecule has 6 heteroatoms. The predicted octanol–water partition coefficient (Wildman–Crippen LogP) is 2.23. The van der Waals surface area contributed by atoms with Gasteiger partial charge in [-0.3, -0.25) is 4.90 Å². The SMILES string of the molecule is O[C@@H](COCc1cccs1)CN1CCC[C@H](c2ncc[nH]2)C1. The first-order valence-electron chi connectivity index (χ1n) is 7.81. The number of ether oxygens (including phenoxy) is 1. The zero-order valence-electron chi connectivity index (χ0n) is 12.6. The number of hydrogen-bond acceptors (Lipinski definition) is 5. The number of aliphatic hydroxyl groups is 1. The van der Waals surface area contributed by atoms with Crippen molar-refractivity contribution < 1.29 is 9.84 Å². The molecule has 0 bridgehead atoms. The Morgan fingerprint density at radius 1 is 1.55 bits per heavy atom. The van der Waals surface area contributed by atoms with Crippen LogP contribution in [0.2, 0.25) is 0 Å². The van der Waals surface area contributed by atoms with Crippen LogP contribution in [0.4, 0.5) is 0 Å². The van der Waals surface area contributed by atoms with Gasteiger partial charge in [-0.1, -0.05) is 6.07 Å². The number of aliphatic hydroxyl groups excluding tert-OH is 1. The van der Waals surface area contributed by atoms with Gasteiger partial charge in [0.15, 0.2) is 0 Å². The van der Waals surface area contributed by atoms with E-state index in [1.165, 1.54) is 4.88 Å². The number of piperidine rings is 1. The van der Waals surface area contributed by atoms with Crippen molar-refractivity contribution in [3.8, 4) is 0 Å². The minimum atomic E-state index is -0.435. The summed E-state index contributed by atoms with van der Waals surface area (Å²) in [6, 6.07) is 4.07. The maximum absolute atomic E-state index is 10.2. The monoisotopic (exact) mass is 321 g/mol. The summed E-state index contributed by atoms with van der Waals surface area (Å²) in [6.45, 7) is 3.64. The smallest absolute Gasteiger partial charge is 0.110 e. The highest BCUT2D eigenvalue weighted by atomic mass is 32.1. The Morgan fingerprint density at radius 2 is 2.50 bits per heavy atom. The Bertz CT molecular complexity index is 530. The topological polar surface area (TPSA) is 61.4 Å². The summed E-state index contributed by atoms with van der Waals surface area (Å²) in [7, 11) is 0. The van der Waals surface area contributed by atoms with Crippen LogP contribution in [-0.4, -0.2) is 52.3 Å². The van der Waals surface area contributed by atoms with Crippen molar-refractivity contribution in [2.75, 3.05) is 26.2 Å². The summed E-state index contributed by atoms with van der Waals surface area (Å²) in [5.41, 5.74) is 0. The van der Waals surface area contributed by atoms with Crippen LogP contribution < -0.4 is 0 Å². The first-order chi connectivity index (χ1) is 10.8. The van der Waals surface area contributed by atoms with Gasteiger partial charge in [0, 0.05) is 36.3 Å². The molecular formula is C16H23N3O2S. The maximum Gasteiger partial charge on any atom is 0.110 e. The molecule has 22 heavy (non-hydrogen) atoms. The van der Waals surface area contributed by atoms with Crippen LogP contribution >= 0.6 is 11.3 Å². The van der Waals surface area contributed by atoms with Crippen molar-refractivity contribution in [2.24, 2.45) is 0 Å². The number of imidazole rings is 1. The van der Waals surface area contributed by atoms with Crippen LogP contribution in [0, 0.1) is 0 Å². The molecule has 5 nitrogen and oxygen atoms in total. The average molecular weight is 321 g/mol. The van der Waals surface area contributed by atoms with Crippen molar-refractivity contribution in [3.63, 3.8) is 0 Å². The molecule has 2 aromatic rings. The molecule has 2 aromatic heterocycles. The number of nitrogens with one attached hydrogen (secondary N) is 1. The lowest BCUT2D eigenvalue weighted by molar-refractivity contribution is 0.00625. The van der Waals surface area contributed by atoms with E-state index in [9.17, 15) is 5.11 Å². The molecule has 0 saturated carbocycles. The van der Waals surface area contributed by atoms with Gasteiger partial charge in [-0.05, 0) is 30.8 Å². The van der Waals surface area contributed by atoms with Gasteiger partial charge in [0.1, 0.15) is 5.82 Å². The van der Waals surface area contributed by atoms with Crippen LogP contribution in [0.15, 0.2) is 29.9 Å². The summed E-state index contributed by atoms with van der Waals surface area (Å²) in [5.74, 6) is 1.51. The minimum Gasteiger partial charge on any atom is -0.389 e. The van der Waals surface area contributed by atoms with Gasteiger partial charge in [-0.25, -0.2) is 4.98 Å². The molecule has 2 atom stereocenters. The molecule has 0 radical (unpaired) electrons.